The smallest absolute Gasteiger partial charge is 0.310 e. The lowest BCUT2D eigenvalue weighted by Gasteiger charge is -2.13. The minimum absolute atomic E-state index is 0.154. The largest absolute Gasteiger partial charge is 0.489 e. The highest BCUT2D eigenvalue weighted by Crippen LogP contribution is 2.26. The highest BCUT2D eigenvalue weighted by Gasteiger charge is 2.13. The zero-order valence-corrected chi connectivity index (χ0v) is 18.6. The number of rotatable bonds is 9. The number of carbonyl (C=O) groups is 1. The maximum absolute atomic E-state index is 14.8. The topological polar surface area (TPSA) is 77.3 Å². The molecule has 6 heteroatoms. The lowest BCUT2D eigenvalue weighted by atomic mass is 9.97. The summed E-state index contributed by atoms with van der Waals surface area (Å²) in [6.07, 6.45) is 2.48. The van der Waals surface area contributed by atoms with Crippen molar-refractivity contribution in [1.29, 1.82) is 0 Å². The third-order valence-corrected chi connectivity index (χ3v) is 5.58. The van der Waals surface area contributed by atoms with Crippen molar-refractivity contribution in [3.05, 3.63) is 100 Å². The van der Waals surface area contributed by atoms with Gasteiger partial charge in [-0.2, -0.15) is 0 Å². The van der Waals surface area contributed by atoms with E-state index in [-0.39, 0.29) is 24.8 Å². The van der Waals surface area contributed by atoms with Gasteiger partial charge in [-0.05, 0) is 41.8 Å². The van der Waals surface area contributed by atoms with Gasteiger partial charge in [-0.25, -0.2) is 4.39 Å². The Morgan fingerprint density at radius 1 is 1.00 bits per heavy atom. The van der Waals surface area contributed by atoms with Crippen molar-refractivity contribution in [2.75, 3.05) is 6.61 Å². The van der Waals surface area contributed by atoms with Crippen molar-refractivity contribution in [3.63, 3.8) is 0 Å². The van der Waals surface area contributed by atoms with Crippen LogP contribution in [0.3, 0.4) is 0 Å². The standard InChI is InChI=1S/C27H27FN2O3/c1-2-32-26(31)15-19-6-3-4-9-25(19)33-17-18-12-22(23-10-11-30-24(23)13-18)14-20-7-5-8-21(16-29)27(20)28/h3-13,30H,2,14-17,29H2,1H3. The van der Waals surface area contributed by atoms with Gasteiger partial charge in [-0.3, -0.25) is 4.79 Å². The number of H-pyrrole nitrogens is 1. The predicted octanol–water partition coefficient (Wildman–Crippen LogP) is 5.04. The quantitative estimate of drug-likeness (QED) is 0.353. The zero-order valence-electron chi connectivity index (χ0n) is 18.6. The first kappa shape index (κ1) is 22.6. The van der Waals surface area contributed by atoms with Crippen LogP contribution in [0.2, 0.25) is 0 Å². The van der Waals surface area contributed by atoms with Gasteiger partial charge in [0.05, 0.1) is 13.0 Å². The van der Waals surface area contributed by atoms with E-state index in [1.807, 2.05) is 54.7 Å². The van der Waals surface area contributed by atoms with Gasteiger partial charge in [-0.15, -0.1) is 0 Å². The van der Waals surface area contributed by atoms with Gasteiger partial charge in [0.25, 0.3) is 0 Å². The predicted molar refractivity (Wildman–Crippen MR) is 127 cm³/mol. The number of hydrogen-bond acceptors (Lipinski definition) is 4. The van der Waals surface area contributed by atoms with E-state index in [1.54, 1.807) is 19.1 Å². The van der Waals surface area contributed by atoms with Crippen molar-refractivity contribution >= 4 is 16.9 Å². The zero-order chi connectivity index (χ0) is 23.2. The molecule has 5 nitrogen and oxygen atoms in total. The van der Waals surface area contributed by atoms with Crippen LogP contribution < -0.4 is 10.5 Å². The molecule has 170 valence electrons. The van der Waals surface area contributed by atoms with Crippen molar-refractivity contribution in [1.82, 2.24) is 4.98 Å². The molecule has 0 unspecified atom stereocenters. The average Bonchev–Trinajstić information content (AvgIpc) is 3.29. The summed E-state index contributed by atoms with van der Waals surface area (Å²) in [5.74, 6) is 0.101. The summed E-state index contributed by atoms with van der Waals surface area (Å²) in [5, 5.41) is 1.04. The van der Waals surface area contributed by atoms with Gasteiger partial charge in [0.2, 0.25) is 0 Å². The molecule has 0 bridgehead atoms. The highest BCUT2D eigenvalue weighted by atomic mass is 19.1. The normalized spacial score (nSPS) is 11.0. The van der Waals surface area contributed by atoms with Crippen molar-refractivity contribution in [3.8, 4) is 5.75 Å². The molecule has 3 N–H and O–H groups in total. The van der Waals surface area contributed by atoms with Crippen molar-refractivity contribution < 1.29 is 18.7 Å². The fourth-order valence-corrected chi connectivity index (χ4v) is 3.99. The Kier molecular flexibility index (Phi) is 7.05. The van der Waals surface area contributed by atoms with Crippen LogP contribution in [0.1, 0.15) is 34.7 Å². The van der Waals surface area contributed by atoms with E-state index in [0.717, 1.165) is 27.6 Å². The molecule has 1 aromatic heterocycles. The fourth-order valence-electron chi connectivity index (χ4n) is 3.99. The Balaban J connectivity index is 1.58. The number of benzene rings is 3. The molecule has 0 atom stereocenters. The molecule has 0 aliphatic heterocycles. The molecular weight excluding hydrogens is 419 g/mol. The number of hydrogen-bond donors (Lipinski definition) is 2. The molecule has 0 saturated carbocycles. The first-order valence-corrected chi connectivity index (χ1v) is 11.0. The minimum atomic E-state index is -0.287. The second kappa shape index (κ2) is 10.3. The molecule has 33 heavy (non-hydrogen) atoms. The molecule has 0 amide bonds. The number of fused-ring (bicyclic) bond motifs is 1. The average molecular weight is 447 g/mol. The minimum Gasteiger partial charge on any atom is -0.489 e. The van der Waals surface area contributed by atoms with Gasteiger partial charge in [0, 0.05) is 41.2 Å². The van der Waals surface area contributed by atoms with Crippen LogP contribution in [0.5, 0.6) is 5.75 Å². The molecule has 3 aromatic carbocycles. The Hall–Kier alpha value is -3.64. The van der Waals surface area contributed by atoms with Gasteiger partial charge in [0.15, 0.2) is 0 Å². The van der Waals surface area contributed by atoms with E-state index < -0.39 is 0 Å². The number of para-hydroxylation sites is 1. The summed E-state index contributed by atoms with van der Waals surface area (Å²) in [6, 6.07) is 18.8. The van der Waals surface area contributed by atoms with E-state index in [0.29, 0.717) is 36.5 Å². The maximum atomic E-state index is 14.8. The number of aromatic amines is 1. The first-order chi connectivity index (χ1) is 16.1. The van der Waals surface area contributed by atoms with Crippen LogP contribution in [0.15, 0.2) is 66.9 Å². The summed E-state index contributed by atoms with van der Waals surface area (Å²) in [5.41, 5.74) is 10.5. The number of nitrogens with two attached hydrogens (primary N) is 1. The monoisotopic (exact) mass is 446 g/mol. The second-order valence-corrected chi connectivity index (χ2v) is 7.84. The van der Waals surface area contributed by atoms with Crippen LogP contribution in [-0.2, 0) is 35.5 Å². The number of halogens is 1. The van der Waals surface area contributed by atoms with Gasteiger partial charge >= 0.3 is 5.97 Å². The van der Waals surface area contributed by atoms with Crippen LogP contribution in [0, 0.1) is 5.82 Å². The van der Waals surface area contributed by atoms with E-state index in [9.17, 15) is 9.18 Å². The van der Waals surface area contributed by atoms with Gasteiger partial charge in [0.1, 0.15) is 18.2 Å². The summed E-state index contributed by atoms with van der Waals surface area (Å²) in [7, 11) is 0. The number of esters is 1. The Morgan fingerprint density at radius 3 is 2.61 bits per heavy atom. The van der Waals surface area contributed by atoms with Crippen LogP contribution >= 0.6 is 0 Å². The maximum Gasteiger partial charge on any atom is 0.310 e. The summed E-state index contributed by atoms with van der Waals surface area (Å²) >= 11 is 0. The molecule has 1 heterocycles. The molecule has 0 aliphatic rings. The van der Waals surface area contributed by atoms with Crippen molar-refractivity contribution in [2.45, 2.75) is 32.9 Å². The van der Waals surface area contributed by atoms with Crippen LogP contribution in [-0.4, -0.2) is 17.6 Å². The van der Waals surface area contributed by atoms with Crippen LogP contribution in [0.4, 0.5) is 4.39 Å². The molecular formula is C27H27FN2O3. The first-order valence-electron chi connectivity index (χ1n) is 11.0. The second-order valence-electron chi connectivity index (χ2n) is 7.84. The molecule has 4 rings (SSSR count). The third-order valence-electron chi connectivity index (χ3n) is 5.58. The lowest BCUT2D eigenvalue weighted by molar-refractivity contribution is -0.142. The molecule has 0 fully saturated rings. The fraction of sp³-hybridized carbons (Fsp3) is 0.222. The molecule has 0 saturated heterocycles. The van der Waals surface area contributed by atoms with E-state index >= 15 is 0 Å². The number of nitrogens with one attached hydrogen (secondary N) is 1. The SMILES string of the molecule is CCOC(=O)Cc1ccccc1OCc1cc(Cc2cccc(CN)c2F)c2cc[nH]c2c1. The van der Waals surface area contributed by atoms with E-state index in [2.05, 4.69) is 4.98 Å². The molecule has 4 aromatic rings. The number of aromatic nitrogens is 1. The summed E-state index contributed by atoms with van der Waals surface area (Å²) in [4.78, 5) is 15.2. The Morgan fingerprint density at radius 2 is 1.79 bits per heavy atom. The van der Waals surface area contributed by atoms with E-state index in [1.165, 1.54) is 0 Å². The molecule has 0 spiro atoms. The van der Waals surface area contributed by atoms with Gasteiger partial charge < -0.3 is 20.2 Å². The number of ether oxygens (including phenoxy) is 2. The van der Waals surface area contributed by atoms with Gasteiger partial charge in [-0.1, -0.05) is 42.5 Å². The summed E-state index contributed by atoms with van der Waals surface area (Å²) in [6.45, 7) is 2.60. The molecule has 0 radical (unpaired) electrons. The number of carbonyl (C=O) groups excluding carboxylic acids is 1. The van der Waals surface area contributed by atoms with E-state index in [4.69, 9.17) is 15.2 Å². The third kappa shape index (κ3) is 5.23. The Labute approximate surface area is 192 Å². The molecule has 0 aliphatic carbocycles. The Bertz CT molecular complexity index is 1270. The van der Waals surface area contributed by atoms with Crippen molar-refractivity contribution in [2.24, 2.45) is 5.73 Å². The van der Waals surface area contributed by atoms with Crippen LogP contribution in [0.25, 0.3) is 10.9 Å². The summed E-state index contributed by atoms with van der Waals surface area (Å²) < 4.78 is 26.0. The highest BCUT2D eigenvalue weighted by molar-refractivity contribution is 5.84. The lowest BCUT2D eigenvalue weighted by Crippen LogP contribution is -2.09.